The number of anilines is 2. The van der Waals surface area contributed by atoms with E-state index >= 15 is 0 Å². The maximum atomic E-state index is 12.5. The Bertz CT molecular complexity index is 623. The molecule has 1 aromatic carbocycles. The number of urea groups is 1. The molecule has 0 spiro atoms. The minimum Gasteiger partial charge on any atom is -0.331 e. The fourth-order valence-electron chi connectivity index (χ4n) is 2.27. The predicted octanol–water partition coefficient (Wildman–Crippen LogP) is 2.46. The van der Waals surface area contributed by atoms with Crippen LogP contribution in [0.15, 0.2) is 24.3 Å². The fraction of sp³-hybridized carbons (Fsp3) is 0.438. The second-order valence-corrected chi connectivity index (χ2v) is 6.29. The highest BCUT2D eigenvalue weighted by atomic mass is 16.2. The lowest BCUT2D eigenvalue weighted by Gasteiger charge is -2.35. The van der Waals surface area contributed by atoms with Gasteiger partial charge in [-0.25, -0.2) is 4.79 Å². The second kappa shape index (κ2) is 5.79. The molecule has 22 heavy (non-hydrogen) atoms. The number of carbonyl (C=O) groups excluding carboxylic acids is 3. The molecule has 0 unspecified atom stereocenters. The lowest BCUT2D eigenvalue weighted by atomic mass is 9.82. The quantitative estimate of drug-likeness (QED) is 0.853. The Morgan fingerprint density at radius 1 is 1.27 bits per heavy atom. The molecule has 6 heteroatoms. The van der Waals surface area contributed by atoms with E-state index in [9.17, 15) is 14.4 Å². The average molecular weight is 303 g/mol. The highest BCUT2D eigenvalue weighted by Crippen LogP contribution is 2.34. The van der Waals surface area contributed by atoms with E-state index in [0.717, 1.165) is 0 Å². The number of nitrogens with one attached hydrogen (secondary N) is 1. The fourth-order valence-corrected chi connectivity index (χ4v) is 2.27. The third-order valence-corrected chi connectivity index (χ3v) is 3.76. The maximum absolute atomic E-state index is 12.5. The number of carbonyl (C=O) groups is 3. The summed E-state index contributed by atoms with van der Waals surface area (Å²) in [5, 5.41) is 2.71. The van der Waals surface area contributed by atoms with Gasteiger partial charge >= 0.3 is 6.03 Å². The summed E-state index contributed by atoms with van der Waals surface area (Å²) in [4.78, 5) is 39.0. The van der Waals surface area contributed by atoms with Crippen LogP contribution in [0.2, 0.25) is 0 Å². The highest BCUT2D eigenvalue weighted by Gasteiger charge is 2.40. The molecule has 1 aliphatic rings. The van der Waals surface area contributed by atoms with Crippen molar-refractivity contribution in [3.63, 3.8) is 0 Å². The molecular weight excluding hydrogens is 282 g/mol. The third-order valence-electron chi connectivity index (χ3n) is 3.76. The van der Waals surface area contributed by atoms with Crippen molar-refractivity contribution >= 4 is 29.2 Å². The van der Waals surface area contributed by atoms with Gasteiger partial charge in [-0.1, -0.05) is 19.9 Å². The SMILES string of the molecule is CN(C)C(=O)Nc1cccc(N2C(=O)CCC(C)(C)C2=O)c1. The van der Waals surface area contributed by atoms with E-state index in [1.54, 1.807) is 38.4 Å². The van der Waals surface area contributed by atoms with E-state index in [1.165, 1.54) is 9.80 Å². The number of nitrogens with zero attached hydrogens (tertiary/aromatic N) is 2. The van der Waals surface area contributed by atoms with Crippen molar-refractivity contribution in [3.8, 4) is 0 Å². The van der Waals surface area contributed by atoms with Gasteiger partial charge in [-0.05, 0) is 24.6 Å². The Kier molecular flexibility index (Phi) is 4.21. The van der Waals surface area contributed by atoms with Crippen molar-refractivity contribution in [2.45, 2.75) is 26.7 Å². The molecule has 0 aromatic heterocycles. The Hall–Kier alpha value is -2.37. The zero-order valence-electron chi connectivity index (χ0n) is 13.3. The third kappa shape index (κ3) is 3.10. The number of hydrogen-bond acceptors (Lipinski definition) is 3. The molecule has 1 N–H and O–H groups in total. The van der Waals surface area contributed by atoms with Crippen LogP contribution in [-0.4, -0.2) is 36.8 Å². The zero-order chi connectivity index (χ0) is 16.5. The van der Waals surface area contributed by atoms with Crippen LogP contribution in [0.25, 0.3) is 0 Å². The Morgan fingerprint density at radius 2 is 1.95 bits per heavy atom. The molecule has 0 radical (unpaired) electrons. The number of benzene rings is 1. The molecule has 1 aromatic rings. The van der Waals surface area contributed by atoms with Crippen molar-refractivity contribution in [2.24, 2.45) is 5.41 Å². The van der Waals surface area contributed by atoms with Crippen LogP contribution in [0.5, 0.6) is 0 Å². The van der Waals surface area contributed by atoms with Gasteiger partial charge in [-0.15, -0.1) is 0 Å². The molecule has 0 atom stereocenters. The molecule has 2 rings (SSSR count). The summed E-state index contributed by atoms with van der Waals surface area (Å²) in [6, 6.07) is 6.49. The van der Waals surface area contributed by atoms with Gasteiger partial charge in [0.15, 0.2) is 0 Å². The van der Waals surface area contributed by atoms with E-state index in [-0.39, 0.29) is 17.8 Å². The van der Waals surface area contributed by atoms with Crippen molar-refractivity contribution in [1.29, 1.82) is 0 Å². The average Bonchev–Trinajstić information content (AvgIpc) is 2.44. The molecule has 1 aliphatic heterocycles. The van der Waals surface area contributed by atoms with E-state index in [0.29, 0.717) is 24.2 Å². The van der Waals surface area contributed by atoms with Crippen LogP contribution in [0.4, 0.5) is 16.2 Å². The van der Waals surface area contributed by atoms with E-state index < -0.39 is 5.41 Å². The molecule has 4 amide bonds. The number of piperidine rings is 1. The van der Waals surface area contributed by atoms with Crippen LogP contribution < -0.4 is 10.2 Å². The number of imide groups is 1. The lowest BCUT2D eigenvalue weighted by molar-refractivity contribution is -0.136. The first-order valence-electron chi connectivity index (χ1n) is 7.18. The normalized spacial score (nSPS) is 17.4. The zero-order valence-corrected chi connectivity index (χ0v) is 13.3. The topological polar surface area (TPSA) is 69.7 Å². The predicted molar refractivity (Wildman–Crippen MR) is 84.7 cm³/mol. The minimum atomic E-state index is -0.559. The summed E-state index contributed by atoms with van der Waals surface area (Å²) >= 11 is 0. The first-order valence-corrected chi connectivity index (χ1v) is 7.18. The number of rotatable bonds is 2. The van der Waals surface area contributed by atoms with Crippen molar-refractivity contribution in [2.75, 3.05) is 24.3 Å². The van der Waals surface area contributed by atoms with Gasteiger partial charge in [-0.3, -0.25) is 14.5 Å². The molecule has 6 nitrogen and oxygen atoms in total. The van der Waals surface area contributed by atoms with Gasteiger partial charge < -0.3 is 10.2 Å². The van der Waals surface area contributed by atoms with Crippen molar-refractivity contribution in [3.05, 3.63) is 24.3 Å². The summed E-state index contributed by atoms with van der Waals surface area (Å²) in [7, 11) is 3.28. The molecule has 0 aliphatic carbocycles. The number of hydrogen-bond donors (Lipinski definition) is 1. The summed E-state index contributed by atoms with van der Waals surface area (Å²) < 4.78 is 0. The van der Waals surface area contributed by atoms with Gasteiger partial charge in [0.05, 0.1) is 5.69 Å². The largest absolute Gasteiger partial charge is 0.331 e. The molecule has 0 bridgehead atoms. The van der Waals surface area contributed by atoms with Gasteiger partial charge in [0.2, 0.25) is 11.8 Å². The standard InChI is InChI=1S/C16H21N3O3/c1-16(2)9-8-13(20)19(14(16)21)12-7-5-6-11(10-12)17-15(22)18(3)4/h5-7,10H,8-9H2,1-4H3,(H,17,22). The Labute approximate surface area is 130 Å². The monoisotopic (exact) mass is 303 g/mol. The first-order chi connectivity index (χ1) is 10.2. The van der Waals surface area contributed by atoms with Gasteiger partial charge in [0.1, 0.15) is 0 Å². The molecular formula is C16H21N3O3. The minimum absolute atomic E-state index is 0.208. The number of amides is 4. The van der Waals surface area contributed by atoms with Crippen LogP contribution >= 0.6 is 0 Å². The smallest absolute Gasteiger partial charge is 0.321 e. The van der Waals surface area contributed by atoms with E-state index in [1.807, 2.05) is 13.8 Å². The Balaban J connectivity index is 2.30. The molecule has 118 valence electrons. The summed E-state index contributed by atoms with van der Waals surface area (Å²) in [6.45, 7) is 3.68. The Morgan fingerprint density at radius 3 is 2.59 bits per heavy atom. The first kappa shape index (κ1) is 16.0. The molecule has 1 heterocycles. The molecule has 0 saturated carbocycles. The second-order valence-electron chi connectivity index (χ2n) is 6.29. The molecule has 1 fully saturated rings. The van der Waals surface area contributed by atoms with Crippen LogP contribution in [-0.2, 0) is 9.59 Å². The van der Waals surface area contributed by atoms with Crippen LogP contribution in [0.3, 0.4) is 0 Å². The summed E-state index contributed by atoms with van der Waals surface area (Å²) in [6.07, 6.45) is 0.894. The van der Waals surface area contributed by atoms with Crippen LogP contribution in [0.1, 0.15) is 26.7 Å². The molecule has 1 saturated heterocycles. The van der Waals surface area contributed by atoms with Crippen molar-refractivity contribution in [1.82, 2.24) is 4.90 Å². The van der Waals surface area contributed by atoms with E-state index in [4.69, 9.17) is 0 Å². The summed E-state index contributed by atoms with van der Waals surface area (Å²) in [5.74, 6) is -0.416. The van der Waals surface area contributed by atoms with Crippen molar-refractivity contribution < 1.29 is 14.4 Å². The van der Waals surface area contributed by atoms with Gasteiger partial charge in [0.25, 0.3) is 0 Å². The maximum Gasteiger partial charge on any atom is 0.321 e. The van der Waals surface area contributed by atoms with Crippen LogP contribution in [0, 0.1) is 5.41 Å². The van der Waals surface area contributed by atoms with E-state index in [2.05, 4.69) is 5.32 Å². The lowest BCUT2D eigenvalue weighted by Crippen LogP contribution is -2.49. The van der Waals surface area contributed by atoms with Gasteiger partial charge in [0, 0.05) is 31.6 Å². The van der Waals surface area contributed by atoms with Gasteiger partial charge in [-0.2, -0.15) is 0 Å². The highest BCUT2D eigenvalue weighted by molar-refractivity contribution is 6.18. The summed E-state index contributed by atoms with van der Waals surface area (Å²) in [5.41, 5.74) is 0.469.